The highest BCUT2D eigenvalue weighted by Crippen LogP contribution is 2.35. The molecular weight excluding hydrogens is 430 g/mol. The van der Waals surface area contributed by atoms with Gasteiger partial charge in [-0.1, -0.05) is 66.7 Å². The van der Waals surface area contributed by atoms with Gasteiger partial charge in [-0.05, 0) is 58.8 Å². The maximum Gasteiger partial charge on any atom is 0.213 e. The van der Waals surface area contributed by atoms with E-state index in [1.807, 2.05) is 6.07 Å². The number of rotatable bonds is 6. The van der Waals surface area contributed by atoms with Gasteiger partial charge in [0.15, 0.2) is 17.2 Å². The number of aromatic nitrogens is 1. The maximum absolute atomic E-state index is 5.57. The summed E-state index contributed by atoms with van der Waals surface area (Å²) in [7, 11) is 3.36. The molecule has 0 bridgehead atoms. The van der Waals surface area contributed by atoms with Gasteiger partial charge >= 0.3 is 0 Å². The SMILES string of the molecule is CC[n+]1c(-c2cccc(-c3ccc(-c4ccccc4)cc3)c2)cc2cc(OC)c(OC)cc2c1C. The molecule has 0 aliphatic rings. The quantitative estimate of drug-likeness (QED) is 0.245. The topological polar surface area (TPSA) is 22.3 Å². The molecule has 3 nitrogen and oxygen atoms in total. The minimum atomic E-state index is 0.742. The fourth-order valence-electron chi connectivity index (χ4n) is 4.87. The molecule has 0 radical (unpaired) electrons. The van der Waals surface area contributed by atoms with E-state index in [4.69, 9.17) is 9.47 Å². The van der Waals surface area contributed by atoms with Crippen LogP contribution in [0.1, 0.15) is 12.6 Å². The standard InChI is InChI=1S/C32H30NO2/c1-5-33-22(2)29-21-32(35-4)31(34-3)20-28(29)19-30(33)27-13-9-12-26(18-27)25-16-14-24(15-17-25)23-10-7-6-8-11-23/h6-21H,5H2,1-4H3/q+1. The number of methoxy groups -OCH3 is 2. The van der Waals surface area contributed by atoms with Crippen molar-refractivity contribution in [2.24, 2.45) is 0 Å². The van der Waals surface area contributed by atoms with Crippen molar-refractivity contribution in [3.8, 4) is 45.0 Å². The zero-order chi connectivity index (χ0) is 24.4. The van der Waals surface area contributed by atoms with Crippen LogP contribution in [-0.4, -0.2) is 14.2 Å². The van der Waals surface area contributed by atoms with Crippen molar-refractivity contribution in [3.05, 3.63) is 103 Å². The lowest BCUT2D eigenvalue weighted by atomic mass is 9.97. The van der Waals surface area contributed by atoms with Gasteiger partial charge in [0.2, 0.25) is 5.69 Å². The normalized spacial score (nSPS) is 11.0. The van der Waals surface area contributed by atoms with Gasteiger partial charge in [0, 0.05) is 18.6 Å². The van der Waals surface area contributed by atoms with Crippen LogP contribution in [0.25, 0.3) is 44.3 Å². The molecule has 174 valence electrons. The highest BCUT2D eigenvalue weighted by molar-refractivity contribution is 5.89. The Balaban J connectivity index is 1.59. The molecule has 0 aliphatic heterocycles. The van der Waals surface area contributed by atoms with Gasteiger partial charge in [0.1, 0.15) is 6.54 Å². The molecule has 1 aromatic heterocycles. The highest BCUT2D eigenvalue weighted by atomic mass is 16.5. The number of nitrogens with zero attached hydrogens (tertiary/aromatic N) is 1. The first-order chi connectivity index (χ1) is 17.1. The monoisotopic (exact) mass is 460 g/mol. The third-order valence-corrected chi connectivity index (χ3v) is 6.73. The van der Waals surface area contributed by atoms with E-state index in [0.29, 0.717) is 0 Å². The van der Waals surface area contributed by atoms with E-state index < -0.39 is 0 Å². The van der Waals surface area contributed by atoms with Crippen molar-refractivity contribution in [2.75, 3.05) is 14.2 Å². The van der Waals surface area contributed by atoms with Crippen molar-refractivity contribution in [1.29, 1.82) is 0 Å². The lowest BCUT2D eigenvalue weighted by molar-refractivity contribution is -0.687. The van der Waals surface area contributed by atoms with Crippen LogP contribution < -0.4 is 14.0 Å². The minimum Gasteiger partial charge on any atom is -0.493 e. The number of pyridine rings is 1. The summed E-state index contributed by atoms with van der Waals surface area (Å²) in [5.41, 5.74) is 8.45. The third-order valence-electron chi connectivity index (χ3n) is 6.73. The van der Waals surface area contributed by atoms with E-state index in [1.165, 1.54) is 44.6 Å². The Kier molecular flexibility index (Phi) is 6.24. The van der Waals surface area contributed by atoms with E-state index in [2.05, 4.69) is 109 Å². The summed E-state index contributed by atoms with van der Waals surface area (Å²) in [6, 6.07) is 34.5. The first-order valence-electron chi connectivity index (χ1n) is 12.0. The number of fused-ring (bicyclic) bond motifs is 1. The molecule has 0 fully saturated rings. The summed E-state index contributed by atoms with van der Waals surface area (Å²) in [6.45, 7) is 5.24. The molecule has 3 heteroatoms. The number of aryl methyl sites for hydroxylation is 1. The molecule has 0 unspecified atom stereocenters. The fourth-order valence-corrected chi connectivity index (χ4v) is 4.87. The Labute approximate surface area is 207 Å². The van der Waals surface area contributed by atoms with Crippen molar-refractivity contribution in [1.82, 2.24) is 0 Å². The molecule has 5 aromatic rings. The number of hydrogen-bond donors (Lipinski definition) is 0. The van der Waals surface area contributed by atoms with Crippen molar-refractivity contribution in [3.63, 3.8) is 0 Å². The zero-order valence-electron chi connectivity index (χ0n) is 20.7. The average Bonchev–Trinajstić information content (AvgIpc) is 2.93. The molecule has 0 atom stereocenters. The van der Waals surface area contributed by atoms with Crippen LogP contribution in [0.4, 0.5) is 0 Å². The van der Waals surface area contributed by atoms with Gasteiger partial charge in [-0.15, -0.1) is 0 Å². The lowest BCUT2D eigenvalue weighted by Gasteiger charge is -2.13. The van der Waals surface area contributed by atoms with Crippen molar-refractivity contribution < 1.29 is 14.0 Å². The fraction of sp³-hybridized carbons (Fsp3) is 0.156. The van der Waals surface area contributed by atoms with Crippen LogP contribution in [0, 0.1) is 6.92 Å². The molecular formula is C32H30NO2+. The molecule has 5 rings (SSSR count). The molecule has 4 aromatic carbocycles. The van der Waals surface area contributed by atoms with E-state index >= 15 is 0 Å². The van der Waals surface area contributed by atoms with Crippen LogP contribution in [0.5, 0.6) is 11.5 Å². The first-order valence-corrected chi connectivity index (χ1v) is 12.0. The Morgan fingerprint density at radius 3 is 1.83 bits per heavy atom. The van der Waals surface area contributed by atoms with Crippen molar-refractivity contribution in [2.45, 2.75) is 20.4 Å². The molecule has 0 N–H and O–H groups in total. The molecule has 35 heavy (non-hydrogen) atoms. The Morgan fingerprint density at radius 2 is 1.17 bits per heavy atom. The second kappa shape index (κ2) is 9.63. The molecule has 0 saturated heterocycles. The van der Waals surface area contributed by atoms with Crippen LogP contribution in [0.3, 0.4) is 0 Å². The van der Waals surface area contributed by atoms with E-state index in [1.54, 1.807) is 14.2 Å². The first kappa shape index (κ1) is 22.7. The summed E-state index contributed by atoms with van der Waals surface area (Å²) >= 11 is 0. The molecule has 1 heterocycles. The van der Waals surface area contributed by atoms with Gasteiger partial charge in [-0.2, -0.15) is 4.57 Å². The molecule has 0 spiro atoms. The summed E-state index contributed by atoms with van der Waals surface area (Å²) in [5, 5.41) is 2.30. The minimum absolute atomic E-state index is 0.742. The zero-order valence-corrected chi connectivity index (χ0v) is 20.7. The second-order valence-corrected chi connectivity index (χ2v) is 8.68. The number of ether oxygens (including phenoxy) is 2. The van der Waals surface area contributed by atoms with E-state index in [9.17, 15) is 0 Å². The van der Waals surface area contributed by atoms with Gasteiger partial charge in [-0.25, -0.2) is 0 Å². The van der Waals surface area contributed by atoms with Gasteiger partial charge in [0.05, 0.1) is 19.6 Å². The van der Waals surface area contributed by atoms with Crippen LogP contribution in [0.2, 0.25) is 0 Å². The molecule has 0 amide bonds. The summed E-state index contributed by atoms with van der Waals surface area (Å²) in [6.07, 6.45) is 0. The van der Waals surface area contributed by atoms with Crippen molar-refractivity contribution >= 4 is 10.8 Å². The number of benzene rings is 4. The van der Waals surface area contributed by atoms with Gasteiger partial charge in [0.25, 0.3) is 0 Å². The summed E-state index contributed by atoms with van der Waals surface area (Å²) in [5.74, 6) is 1.49. The van der Waals surface area contributed by atoms with Crippen LogP contribution in [0.15, 0.2) is 97.1 Å². The summed E-state index contributed by atoms with van der Waals surface area (Å²) in [4.78, 5) is 0. The molecule has 0 aliphatic carbocycles. The largest absolute Gasteiger partial charge is 0.493 e. The highest BCUT2D eigenvalue weighted by Gasteiger charge is 2.21. The summed E-state index contributed by atoms with van der Waals surface area (Å²) < 4.78 is 13.5. The maximum atomic E-state index is 5.57. The Bertz CT molecular complexity index is 1490. The van der Waals surface area contributed by atoms with E-state index in [-0.39, 0.29) is 0 Å². The van der Waals surface area contributed by atoms with Crippen LogP contribution in [-0.2, 0) is 6.54 Å². The van der Waals surface area contributed by atoms with Crippen LogP contribution >= 0.6 is 0 Å². The predicted molar refractivity (Wildman–Crippen MR) is 144 cm³/mol. The Hall–Kier alpha value is -4.11. The second-order valence-electron chi connectivity index (χ2n) is 8.68. The van der Waals surface area contributed by atoms with E-state index in [0.717, 1.165) is 23.4 Å². The third kappa shape index (κ3) is 4.26. The number of hydrogen-bond acceptors (Lipinski definition) is 2. The van der Waals surface area contributed by atoms with Gasteiger partial charge in [-0.3, -0.25) is 0 Å². The molecule has 0 saturated carbocycles. The average molecular weight is 461 g/mol. The predicted octanol–water partition coefficient (Wildman–Crippen LogP) is 7.47. The lowest BCUT2D eigenvalue weighted by Crippen LogP contribution is -2.38. The smallest absolute Gasteiger partial charge is 0.213 e. The Morgan fingerprint density at radius 1 is 0.600 bits per heavy atom. The van der Waals surface area contributed by atoms with Gasteiger partial charge < -0.3 is 9.47 Å².